The third-order valence-corrected chi connectivity index (χ3v) is 5.67. The number of Topliss-reactive ketones (excluding diaryl/α,β-unsaturated/α-hetero) is 1. The summed E-state index contributed by atoms with van der Waals surface area (Å²) in [5.74, 6) is 0.829. The summed E-state index contributed by atoms with van der Waals surface area (Å²) in [7, 11) is 0. The molecule has 2 N–H and O–H groups in total. The van der Waals surface area contributed by atoms with Crippen LogP contribution in [0.3, 0.4) is 0 Å². The molecule has 3 heterocycles. The maximum atomic E-state index is 13.2. The van der Waals surface area contributed by atoms with Crippen LogP contribution in [-0.2, 0) is 6.42 Å². The fourth-order valence-corrected chi connectivity index (χ4v) is 4.27. The number of nitrogens with zero attached hydrogens (tertiary/aromatic N) is 3. The van der Waals surface area contributed by atoms with Crippen molar-refractivity contribution in [1.29, 1.82) is 0 Å². The van der Waals surface area contributed by atoms with Crippen LogP contribution >= 0.6 is 0 Å². The molecule has 0 unspecified atom stereocenters. The maximum absolute atomic E-state index is 13.2. The zero-order chi connectivity index (χ0) is 20.5. The molecule has 1 amide bonds. The second kappa shape index (κ2) is 7.73. The van der Waals surface area contributed by atoms with Crippen molar-refractivity contribution in [2.75, 3.05) is 31.1 Å². The first kappa shape index (κ1) is 19.2. The Bertz CT molecular complexity index is 1030. The number of anilines is 1. The van der Waals surface area contributed by atoms with E-state index in [1.165, 1.54) is 0 Å². The number of amides is 1. The largest absolute Gasteiger partial charge is 0.354 e. The van der Waals surface area contributed by atoms with Crippen LogP contribution in [0.4, 0.5) is 5.95 Å². The maximum Gasteiger partial charge on any atom is 0.270 e. The van der Waals surface area contributed by atoms with Crippen LogP contribution < -0.4 is 4.90 Å². The number of hydrogen-bond acceptors (Lipinski definition) is 4. The SMILES string of the molecule is CCc1c(C(=O)N2CCCN(c3nc4ccccc4[nH]3)CC2)[nH]c(C)c1C(C)=O. The average molecular weight is 393 g/mol. The van der Waals surface area contributed by atoms with Crippen molar-refractivity contribution in [3.05, 3.63) is 46.8 Å². The number of ketones is 1. The number of carbonyl (C=O) groups is 2. The molecule has 0 radical (unpaired) electrons. The molecule has 0 bridgehead atoms. The number of imidazole rings is 1. The number of H-pyrrole nitrogens is 2. The van der Waals surface area contributed by atoms with Crippen LogP contribution in [0.5, 0.6) is 0 Å². The summed E-state index contributed by atoms with van der Waals surface area (Å²) >= 11 is 0. The number of hydrogen-bond donors (Lipinski definition) is 2. The monoisotopic (exact) mass is 393 g/mol. The number of carbonyl (C=O) groups excluding carboxylic acids is 2. The molecule has 0 spiro atoms. The van der Waals surface area contributed by atoms with Crippen molar-refractivity contribution in [3.63, 3.8) is 0 Å². The smallest absolute Gasteiger partial charge is 0.270 e. The fraction of sp³-hybridized carbons (Fsp3) is 0.409. The molecule has 1 saturated heterocycles. The van der Waals surface area contributed by atoms with Gasteiger partial charge in [-0.25, -0.2) is 4.98 Å². The van der Waals surface area contributed by atoms with E-state index in [1.54, 1.807) is 6.92 Å². The van der Waals surface area contributed by atoms with Gasteiger partial charge >= 0.3 is 0 Å². The normalized spacial score (nSPS) is 15.0. The summed E-state index contributed by atoms with van der Waals surface area (Å²) in [5, 5.41) is 0. The predicted octanol–water partition coefficient (Wildman–Crippen LogP) is 3.32. The first-order chi connectivity index (χ1) is 14.0. The van der Waals surface area contributed by atoms with Crippen LogP contribution in [0, 0.1) is 6.92 Å². The number of nitrogens with one attached hydrogen (secondary N) is 2. The molecule has 29 heavy (non-hydrogen) atoms. The quantitative estimate of drug-likeness (QED) is 0.666. The first-order valence-electron chi connectivity index (χ1n) is 10.2. The zero-order valence-corrected chi connectivity index (χ0v) is 17.2. The minimum Gasteiger partial charge on any atom is -0.354 e. The van der Waals surface area contributed by atoms with Gasteiger partial charge in [0.25, 0.3) is 5.91 Å². The van der Waals surface area contributed by atoms with Gasteiger partial charge in [0.05, 0.1) is 11.0 Å². The van der Waals surface area contributed by atoms with Crippen LogP contribution in [0.1, 0.15) is 52.4 Å². The van der Waals surface area contributed by atoms with Crippen molar-refractivity contribution in [1.82, 2.24) is 19.9 Å². The second-order valence-electron chi connectivity index (χ2n) is 7.60. The standard InChI is InChI=1S/C22H27N5O2/c1-4-16-19(15(3)28)14(2)23-20(16)21(29)26-10-7-11-27(13-12-26)22-24-17-8-5-6-9-18(17)25-22/h5-6,8-9,23H,4,7,10-13H2,1-3H3,(H,24,25). The summed E-state index contributed by atoms with van der Waals surface area (Å²) in [5.41, 5.74) is 4.80. The van der Waals surface area contributed by atoms with Crippen LogP contribution in [0.25, 0.3) is 11.0 Å². The van der Waals surface area contributed by atoms with E-state index in [9.17, 15) is 9.59 Å². The average Bonchev–Trinajstić information content (AvgIpc) is 3.19. The molecular weight excluding hydrogens is 366 g/mol. The van der Waals surface area contributed by atoms with Gasteiger partial charge in [-0.1, -0.05) is 19.1 Å². The van der Waals surface area contributed by atoms with Gasteiger partial charge in [-0.3, -0.25) is 9.59 Å². The number of rotatable bonds is 4. The number of aryl methyl sites for hydroxylation is 1. The minimum atomic E-state index is -0.0242. The first-order valence-corrected chi connectivity index (χ1v) is 10.2. The van der Waals surface area contributed by atoms with E-state index >= 15 is 0 Å². The Labute approximate surface area is 170 Å². The number of aromatic nitrogens is 3. The molecule has 4 rings (SSSR count). The highest BCUT2D eigenvalue weighted by Crippen LogP contribution is 2.23. The summed E-state index contributed by atoms with van der Waals surface area (Å²) in [6, 6.07) is 7.99. The Hall–Kier alpha value is -3.09. The lowest BCUT2D eigenvalue weighted by Crippen LogP contribution is -2.36. The summed E-state index contributed by atoms with van der Waals surface area (Å²) in [4.78, 5) is 40.6. The molecule has 0 aliphatic carbocycles. The number of fused-ring (bicyclic) bond motifs is 1. The molecule has 1 fully saturated rings. The van der Waals surface area contributed by atoms with E-state index in [-0.39, 0.29) is 11.7 Å². The predicted molar refractivity (Wildman–Crippen MR) is 114 cm³/mol. The van der Waals surface area contributed by atoms with Gasteiger partial charge in [0.2, 0.25) is 5.95 Å². The van der Waals surface area contributed by atoms with Gasteiger partial charge in [0.1, 0.15) is 5.69 Å². The van der Waals surface area contributed by atoms with Crippen LogP contribution in [0.2, 0.25) is 0 Å². The molecule has 152 valence electrons. The van der Waals surface area contributed by atoms with Crippen molar-refractivity contribution in [2.24, 2.45) is 0 Å². The Kier molecular flexibility index (Phi) is 5.13. The molecule has 1 aliphatic heterocycles. The van der Waals surface area contributed by atoms with Crippen molar-refractivity contribution in [3.8, 4) is 0 Å². The van der Waals surface area contributed by atoms with Gasteiger partial charge < -0.3 is 19.8 Å². The molecule has 7 heteroatoms. The lowest BCUT2D eigenvalue weighted by atomic mass is 10.0. The summed E-state index contributed by atoms with van der Waals surface area (Å²) in [6.45, 7) is 8.26. The highest BCUT2D eigenvalue weighted by molar-refractivity contribution is 6.02. The van der Waals surface area contributed by atoms with E-state index in [1.807, 2.05) is 43.0 Å². The Morgan fingerprint density at radius 3 is 2.62 bits per heavy atom. The van der Waals surface area contributed by atoms with E-state index in [4.69, 9.17) is 4.98 Å². The molecular formula is C22H27N5O2. The van der Waals surface area contributed by atoms with Gasteiger partial charge in [0, 0.05) is 37.4 Å². The molecule has 2 aromatic heterocycles. The van der Waals surface area contributed by atoms with E-state index < -0.39 is 0 Å². The van der Waals surface area contributed by atoms with Gasteiger partial charge in [-0.2, -0.15) is 0 Å². The molecule has 7 nitrogen and oxygen atoms in total. The van der Waals surface area contributed by atoms with Crippen molar-refractivity contribution < 1.29 is 9.59 Å². The van der Waals surface area contributed by atoms with E-state index in [0.29, 0.717) is 37.3 Å². The third kappa shape index (κ3) is 3.52. The Morgan fingerprint density at radius 2 is 1.90 bits per heavy atom. The van der Waals surface area contributed by atoms with E-state index in [0.717, 1.165) is 41.2 Å². The third-order valence-electron chi connectivity index (χ3n) is 5.67. The van der Waals surface area contributed by atoms with Crippen LogP contribution in [-0.4, -0.2) is 57.7 Å². The van der Waals surface area contributed by atoms with Crippen molar-refractivity contribution in [2.45, 2.75) is 33.6 Å². The topological polar surface area (TPSA) is 85.1 Å². The van der Waals surface area contributed by atoms with Crippen LogP contribution in [0.15, 0.2) is 24.3 Å². The summed E-state index contributed by atoms with van der Waals surface area (Å²) in [6.07, 6.45) is 1.52. The van der Waals surface area contributed by atoms with Crippen molar-refractivity contribution >= 4 is 28.7 Å². The highest BCUT2D eigenvalue weighted by atomic mass is 16.2. The number of benzene rings is 1. The zero-order valence-electron chi connectivity index (χ0n) is 17.2. The molecule has 1 aliphatic rings. The summed E-state index contributed by atoms with van der Waals surface area (Å²) < 4.78 is 0. The molecule has 0 atom stereocenters. The Balaban J connectivity index is 1.53. The number of aromatic amines is 2. The van der Waals surface area contributed by atoms with Gasteiger partial charge in [-0.15, -0.1) is 0 Å². The van der Waals surface area contributed by atoms with Gasteiger partial charge in [0.15, 0.2) is 5.78 Å². The minimum absolute atomic E-state index is 0.00146. The molecule has 0 saturated carbocycles. The highest BCUT2D eigenvalue weighted by Gasteiger charge is 2.27. The lowest BCUT2D eigenvalue weighted by molar-refractivity contribution is 0.0760. The van der Waals surface area contributed by atoms with Gasteiger partial charge in [-0.05, 0) is 44.4 Å². The molecule has 1 aromatic carbocycles. The lowest BCUT2D eigenvalue weighted by Gasteiger charge is -2.22. The Morgan fingerprint density at radius 1 is 1.10 bits per heavy atom. The number of para-hydroxylation sites is 2. The molecule has 3 aromatic rings. The fourth-order valence-electron chi connectivity index (χ4n) is 4.27. The second-order valence-corrected chi connectivity index (χ2v) is 7.60. The van der Waals surface area contributed by atoms with E-state index in [2.05, 4.69) is 14.9 Å².